The Morgan fingerprint density at radius 3 is 2.47 bits per heavy atom. The van der Waals surface area contributed by atoms with Gasteiger partial charge in [0.1, 0.15) is 0 Å². The van der Waals surface area contributed by atoms with Crippen molar-refractivity contribution < 1.29 is 14.7 Å². The first-order chi connectivity index (χ1) is 8.09. The lowest BCUT2D eigenvalue weighted by Crippen LogP contribution is -2.41. The first-order valence-corrected chi connectivity index (χ1v) is 6.61. The molecule has 1 aliphatic heterocycles. The smallest absolute Gasteiger partial charge is 0.308 e. The van der Waals surface area contributed by atoms with Crippen LogP contribution in [0.5, 0.6) is 0 Å². The summed E-state index contributed by atoms with van der Waals surface area (Å²) in [5.41, 5.74) is -0.173. The van der Waals surface area contributed by atoms with Crippen molar-refractivity contribution in [3.05, 3.63) is 0 Å². The molecule has 4 heteroatoms. The molecule has 1 heterocycles. The summed E-state index contributed by atoms with van der Waals surface area (Å²) in [7, 11) is 0. The predicted molar refractivity (Wildman–Crippen MR) is 63.5 cm³/mol. The Kier molecular flexibility index (Phi) is 3.40. The molecule has 1 aliphatic carbocycles. The van der Waals surface area contributed by atoms with Gasteiger partial charge < -0.3 is 10.0 Å². The van der Waals surface area contributed by atoms with E-state index >= 15 is 0 Å². The van der Waals surface area contributed by atoms with Crippen LogP contribution in [-0.2, 0) is 9.59 Å². The van der Waals surface area contributed by atoms with E-state index in [1.165, 1.54) is 0 Å². The standard InChI is InChI=1S/C13H21NO3/c1-2-13(6-3-4-7-13)12(17)14-8-5-10(9-14)11(15)16/h10H,2-9H2,1H3,(H,15,16). The van der Waals surface area contributed by atoms with Crippen LogP contribution < -0.4 is 0 Å². The molecule has 17 heavy (non-hydrogen) atoms. The zero-order valence-corrected chi connectivity index (χ0v) is 10.4. The lowest BCUT2D eigenvalue weighted by Gasteiger charge is -2.31. The Labute approximate surface area is 102 Å². The summed E-state index contributed by atoms with van der Waals surface area (Å²) in [5, 5.41) is 8.96. The molecule has 0 aromatic heterocycles. The average molecular weight is 239 g/mol. The van der Waals surface area contributed by atoms with Gasteiger partial charge >= 0.3 is 5.97 Å². The third-order valence-corrected chi connectivity index (χ3v) is 4.52. The lowest BCUT2D eigenvalue weighted by atomic mass is 9.82. The summed E-state index contributed by atoms with van der Waals surface area (Å²) < 4.78 is 0. The summed E-state index contributed by atoms with van der Waals surface area (Å²) >= 11 is 0. The van der Waals surface area contributed by atoms with Gasteiger partial charge in [-0.15, -0.1) is 0 Å². The fourth-order valence-corrected chi connectivity index (χ4v) is 3.25. The number of hydrogen-bond acceptors (Lipinski definition) is 2. The van der Waals surface area contributed by atoms with Crippen LogP contribution in [0.1, 0.15) is 45.4 Å². The molecule has 0 aromatic rings. The van der Waals surface area contributed by atoms with Crippen LogP contribution in [0.3, 0.4) is 0 Å². The van der Waals surface area contributed by atoms with E-state index in [1.807, 2.05) is 0 Å². The van der Waals surface area contributed by atoms with Crippen molar-refractivity contribution >= 4 is 11.9 Å². The number of nitrogens with zero attached hydrogens (tertiary/aromatic N) is 1. The molecule has 0 bridgehead atoms. The molecule has 96 valence electrons. The number of aliphatic carboxylic acids is 1. The third-order valence-electron chi connectivity index (χ3n) is 4.52. The van der Waals surface area contributed by atoms with Gasteiger partial charge in [0.15, 0.2) is 0 Å². The van der Waals surface area contributed by atoms with Gasteiger partial charge in [-0.05, 0) is 25.7 Å². The Balaban J connectivity index is 2.03. The van der Waals surface area contributed by atoms with Crippen LogP contribution in [0.15, 0.2) is 0 Å². The van der Waals surface area contributed by atoms with Crippen molar-refractivity contribution in [2.45, 2.75) is 45.4 Å². The van der Waals surface area contributed by atoms with E-state index in [4.69, 9.17) is 5.11 Å². The Hall–Kier alpha value is -1.06. The van der Waals surface area contributed by atoms with Crippen molar-refractivity contribution in [1.29, 1.82) is 0 Å². The van der Waals surface area contributed by atoms with Crippen molar-refractivity contribution in [3.63, 3.8) is 0 Å². The van der Waals surface area contributed by atoms with E-state index in [9.17, 15) is 9.59 Å². The number of carboxylic acids is 1. The van der Waals surface area contributed by atoms with Crippen molar-refractivity contribution in [2.24, 2.45) is 11.3 Å². The molecule has 0 spiro atoms. The van der Waals surface area contributed by atoms with Crippen LogP contribution >= 0.6 is 0 Å². The van der Waals surface area contributed by atoms with E-state index in [-0.39, 0.29) is 17.2 Å². The van der Waals surface area contributed by atoms with Gasteiger partial charge in [-0.3, -0.25) is 9.59 Å². The van der Waals surface area contributed by atoms with Gasteiger partial charge in [0.2, 0.25) is 5.91 Å². The van der Waals surface area contributed by atoms with Crippen molar-refractivity contribution in [3.8, 4) is 0 Å². The average Bonchev–Trinajstić information content (AvgIpc) is 2.98. The number of amides is 1. The lowest BCUT2D eigenvalue weighted by molar-refractivity contribution is -0.143. The minimum absolute atomic E-state index is 0.173. The molecular weight excluding hydrogens is 218 g/mol. The summed E-state index contributed by atoms with van der Waals surface area (Å²) in [6.07, 6.45) is 5.74. The minimum atomic E-state index is -0.766. The highest BCUT2D eigenvalue weighted by Crippen LogP contribution is 2.43. The normalized spacial score (nSPS) is 27.4. The highest BCUT2D eigenvalue weighted by molar-refractivity contribution is 5.84. The molecule has 2 fully saturated rings. The molecule has 4 nitrogen and oxygen atoms in total. The van der Waals surface area contributed by atoms with Crippen LogP contribution in [0.4, 0.5) is 0 Å². The summed E-state index contributed by atoms with van der Waals surface area (Å²) in [5.74, 6) is -0.909. The highest BCUT2D eigenvalue weighted by atomic mass is 16.4. The maximum Gasteiger partial charge on any atom is 0.308 e. The molecule has 0 radical (unpaired) electrons. The molecule has 2 rings (SSSR count). The predicted octanol–water partition coefficient (Wildman–Crippen LogP) is 1.89. The highest BCUT2D eigenvalue weighted by Gasteiger charge is 2.44. The number of carbonyl (C=O) groups excluding carboxylic acids is 1. The molecule has 1 atom stereocenters. The maximum absolute atomic E-state index is 12.5. The van der Waals surface area contributed by atoms with Crippen molar-refractivity contribution in [1.82, 2.24) is 4.90 Å². The molecule has 2 aliphatic rings. The first-order valence-electron chi connectivity index (χ1n) is 6.61. The second-order valence-corrected chi connectivity index (χ2v) is 5.42. The van der Waals surface area contributed by atoms with Gasteiger partial charge in [-0.2, -0.15) is 0 Å². The molecule has 1 saturated carbocycles. The molecule has 1 N–H and O–H groups in total. The molecule has 0 aromatic carbocycles. The quantitative estimate of drug-likeness (QED) is 0.818. The number of hydrogen-bond donors (Lipinski definition) is 1. The van der Waals surface area contributed by atoms with Gasteiger partial charge in [-0.25, -0.2) is 0 Å². The number of rotatable bonds is 3. The van der Waals surface area contributed by atoms with E-state index in [0.717, 1.165) is 32.1 Å². The minimum Gasteiger partial charge on any atom is -0.481 e. The van der Waals surface area contributed by atoms with E-state index in [0.29, 0.717) is 19.5 Å². The fourth-order valence-electron chi connectivity index (χ4n) is 3.25. The SMILES string of the molecule is CCC1(C(=O)N2CCC(C(=O)O)C2)CCCC1. The van der Waals surface area contributed by atoms with Gasteiger partial charge in [0.25, 0.3) is 0 Å². The number of carboxylic acid groups (broad SMARTS) is 1. The maximum atomic E-state index is 12.5. The van der Waals surface area contributed by atoms with E-state index in [2.05, 4.69) is 6.92 Å². The topological polar surface area (TPSA) is 57.6 Å². The zero-order valence-electron chi connectivity index (χ0n) is 10.4. The monoisotopic (exact) mass is 239 g/mol. The third kappa shape index (κ3) is 2.17. The Bertz CT molecular complexity index is 321. The van der Waals surface area contributed by atoms with E-state index in [1.54, 1.807) is 4.90 Å². The van der Waals surface area contributed by atoms with Crippen LogP contribution in [0.2, 0.25) is 0 Å². The molecule has 1 saturated heterocycles. The molecule has 1 unspecified atom stereocenters. The summed E-state index contributed by atoms with van der Waals surface area (Å²) in [6, 6.07) is 0. The van der Waals surface area contributed by atoms with Gasteiger partial charge in [0, 0.05) is 18.5 Å². The van der Waals surface area contributed by atoms with Gasteiger partial charge in [0.05, 0.1) is 5.92 Å². The summed E-state index contributed by atoms with van der Waals surface area (Å²) in [6.45, 7) is 3.11. The fraction of sp³-hybridized carbons (Fsp3) is 0.846. The molecule has 1 amide bonds. The number of carbonyl (C=O) groups is 2. The van der Waals surface area contributed by atoms with Gasteiger partial charge in [-0.1, -0.05) is 19.8 Å². The Morgan fingerprint density at radius 2 is 2.00 bits per heavy atom. The largest absolute Gasteiger partial charge is 0.481 e. The second kappa shape index (κ2) is 4.67. The Morgan fingerprint density at radius 1 is 1.35 bits per heavy atom. The van der Waals surface area contributed by atoms with Crippen molar-refractivity contribution in [2.75, 3.05) is 13.1 Å². The van der Waals surface area contributed by atoms with Crippen LogP contribution in [-0.4, -0.2) is 35.0 Å². The first kappa shape index (κ1) is 12.4. The second-order valence-electron chi connectivity index (χ2n) is 5.42. The van der Waals surface area contributed by atoms with Crippen LogP contribution in [0, 0.1) is 11.3 Å². The molecular formula is C13H21NO3. The van der Waals surface area contributed by atoms with Crippen LogP contribution in [0.25, 0.3) is 0 Å². The summed E-state index contributed by atoms with van der Waals surface area (Å²) in [4.78, 5) is 25.2. The zero-order chi connectivity index (χ0) is 12.5. The van der Waals surface area contributed by atoms with E-state index < -0.39 is 5.97 Å². The number of likely N-dealkylation sites (tertiary alicyclic amines) is 1.